The smallest absolute Gasteiger partial charge is 0.256 e. The number of fused-ring (bicyclic) bond motifs is 1. The second-order valence-corrected chi connectivity index (χ2v) is 4.10. The SMILES string of the molecule is O=C(Nc1ccc2ccnnc2n1)c1ccc(F)cc1. The van der Waals surface area contributed by atoms with Crippen molar-refractivity contribution in [3.05, 3.63) is 60.0 Å². The van der Waals surface area contributed by atoms with Crippen LogP contribution in [0.2, 0.25) is 0 Å². The van der Waals surface area contributed by atoms with Gasteiger partial charge in [0.15, 0.2) is 5.65 Å². The van der Waals surface area contributed by atoms with Gasteiger partial charge in [0, 0.05) is 10.9 Å². The Morgan fingerprint density at radius 1 is 1.05 bits per heavy atom. The van der Waals surface area contributed by atoms with Gasteiger partial charge in [-0.15, -0.1) is 5.10 Å². The number of rotatable bonds is 2. The van der Waals surface area contributed by atoms with E-state index in [0.717, 1.165) is 5.39 Å². The number of pyridine rings is 1. The van der Waals surface area contributed by atoms with Gasteiger partial charge >= 0.3 is 0 Å². The highest BCUT2D eigenvalue weighted by Gasteiger charge is 2.07. The molecule has 0 saturated heterocycles. The predicted octanol–water partition coefficient (Wildman–Crippen LogP) is 2.42. The molecule has 5 nitrogen and oxygen atoms in total. The molecule has 1 aromatic carbocycles. The second-order valence-electron chi connectivity index (χ2n) is 4.10. The van der Waals surface area contributed by atoms with Gasteiger partial charge in [0.2, 0.25) is 0 Å². The molecule has 0 aliphatic rings. The molecule has 3 rings (SSSR count). The summed E-state index contributed by atoms with van der Waals surface area (Å²) in [5.41, 5.74) is 0.803. The predicted molar refractivity (Wildman–Crippen MR) is 71.7 cm³/mol. The quantitative estimate of drug-likeness (QED) is 0.775. The number of carbonyl (C=O) groups excluding carboxylic acids is 1. The fourth-order valence-electron chi connectivity index (χ4n) is 1.73. The Hall–Kier alpha value is -2.89. The van der Waals surface area contributed by atoms with E-state index in [1.165, 1.54) is 24.3 Å². The monoisotopic (exact) mass is 268 g/mol. The van der Waals surface area contributed by atoms with Crippen LogP contribution in [0.15, 0.2) is 48.7 Å². The summed E-state index contributed by atoms with van der Waals surface area (Å²) >= 11 is 0. The van der Waals surface area contributed by atoms with Gasteiger partial charge in [-0.3, -0.25) is 4.79 Å². The van der Waals surface area contributed by atoms with Crippen molar-refractivity contribution in [1.29, 1.82) is 0 Å². The number of hydrogen-bond acceptors (Lipinski definition) is 4. The molecule has 0 unspecified atom stereocenters. The zero-order valence-corrected chi connectivity index (χ0v) is 10.2. The number of anilines is 1. The van der Waals surface area contributed by atoms with Gasteiger partial charge in [0.25, 0.3) is 5.91 Å². The fraction of sp³-hybridized carbons (Fsp3) is 0. The van der Waals surface area contributed by atoms with E-state index in [9.17, 15) is 9.18 Å². The number of benzene rings is 1. The highest BCUT2D eigenvalue weighted by atomic mass is 19.1. The standard InChI is InChI=1S/C14H9FN4O/c15-11-4-1-10(2-5-11)14(20)18-12-6-3-9-7-8-16-19-13(9)17-12/h1-8H,(H,17,18,19,20). The molecule has 0 aliphatic heterocycles. The van der Waals surface area contributed by atoms with E-state index in [-0.39, 0.29) is 11.7 Å². The van der Waals surface area contributed by atoms with Crippen molar-refractivity contribution in [1.82, 2.24) is 15.2 Å². The Bertz CT molecular complexity index is 773. The van der Waals surface area contributed by atoms with Gasteiger partial charge in [-0.2, -0.15) is 5.10 Å². The largest absolute Gasteiger partial charge is 0.306 e. The Kier molecular flexibility index (Phi) is 3.04. The van der Waals surface area contributed by atoms with Crippen molar-refractivity contribution in [2.75, 3.05) is 5.32 Å². The number of aromatic nitrogens is 3. The summed E-state index contributed by atoms with van der Waals surface area (Å²) in [5.74, 6) is -0.381. The number of amides is 1. The molecule has 0 bridgehead atoms. The van der Waals surface area contributed by atoms with E-state index in [4.69, 9.17) is 0 Å². The normalized spacial score (nSPS) is 10.4. The van der Waals surface area contributed by atoms with Crippen molar-refractivity contribution in [3.63, 3.8) is 0 Å². The fourth-order valence-corrected chi connectivity index (χ4v) is 1.73. The molecule has 2 aromatic heterocycles. The third kappa shape index (κ3) is 2.44. The molecule has 0 saturated carbocycles. The Balaban J connectivity index is 1.85. The van der Waals surface area contributed by atoms with Crippen LogP contribution in [0.25, 0.3) is 11.0 Å². The summed E-state index contributed by atoms with van der Waals surface area (Å²) < 4.78 is 12.8. The summed E-state index contributed by atoms with van der Waals surface area (Å²) in [6.07, 6.45) is 1.57. The average molecular weight is 268 g/mol. The second kappa shape index (κ2) is 5.00. The van der Waals surface area contributed by atoms with Gasteiger partial charge < -0.3 is 5.32 Å². The molecule has 0 fully saturated rings. The number of hydrogen-bond donors (Lipinski definition) is 1. The zero-order chi connectivity index (χ0) is 13.9. The first kappa shape index (κ1) is 12.2. The highest BCUT2D eigenvalue weighted by Crippen LogP contribution is 2.13. The topological polar surface area (TPSA) is 67.8 Å². The van der Waals surface area contributed by atoms with E-state index >= 15 is 0 Å². The first-order valence-corrected chi connectivity index (χ1v) is 5.88. The van der Waals surface area contributed by atoms with Crippen LogP contribution in [0.5, 0.6) is 0 Å². The summed E-state index contributed by atoms with van der Waals surface area (Å²) in [6.45, 7) is 0. The zero-order valence-electron chi connectivity index (χ0n) is 10.2. The van der Waals surface area contributed by atoms with E-state index in [2.05, 4.69) is 20.5 Å². The van der Waals surface area contributed by atoms with Gasteiger partial charge in [-0.25, -0.2) is 9.37 Å². The minimum absolute atomic E-state index is 0.354. The van der Waals surface area contributed by atoms with Crippen molar-refractivity contribution < 1.29 is 9.18 Å². The molecule has 6 heteroatoms. The Morgan fingerprint density at radius 2 is 1.85 bits per heavy atom. The van der Waals surface area contributed by atoms with Gasteiger partial charge in [0.1, 0.15) is 11.6 Å². The molecule has 0 aliphatic carbocycles. The maximum absolute atomic E-state index is 12.8. The van der Waals surface area contributed by atoms with Crippen molar-refractivity contribution in [2.45, 2.75) is 0 Å². The van der Waals surface area contributed by atoms with Crippen molar-refractivity contribution >= 4 is 22.8 Å². The van der Waals surface area contributed by atoms with Crippen LogP contribution in [0.1, 0.15) is 10.4 Å². The van der Waals surface area contributed by atoms with Crippen molar-refractivity contribution in [3.8, 4) is 0 Å². The number of nitrogens with one attached hydrogen (secondary N) is 1. The lowest BCUT2D eigenvalue weighted by Crippen LogP contribution is -2.13. The van der Waals surface area contributed by atoms with E-state index in [0.29, 0.717) is 17.0 Å². The summed E-state index contributed by atoms with van der Waals surface area (Å²) in [4.78, 5) is 16.1. The molecule has 98 valence electrons. The molecular formula is C14H9FN4O. The number of halogens is 1. The molecule has 3 aromatic rings. The molecule has 1 N–H and O–H groups in total. The molecule has 0 spiro atoms. The summed E-state index contributed by atoms with van der Waals surface area (Å²) in [7, 11) is 0. The van der Waals surface area contributed by atoms with Crippen molar-refractivity contribution in [2.24, 2.45) is 0 Å². The van der Waals surface area contributed by atoms with E-state index in [1.54, 1.807) is 24.4 Å². The lowest BCUT2D eigenvalue weighted by Gasteiger charge is -2.05. The molecule has 2 heterocycles. The minimum Gasteiger partial charge on any atom is -0.306 e. The summed E-state index contributed by atoms with van der Waals surface area (Å²) in [6, 6.07) is 10.5. The Labute approximate surface area is 113 Å². The average Bonchev–Trinajstić information content (AvgIpc) is 2.48. The molecule has 1 amide bonds. The maximum atomic E-state index is 12.8. The van der Waals surface area contributed by atoms with Gasteiger partial charge in [0.05, 0.1) is 6.20 Å². The van der Waals surface area contributed by atoms with Crippen LogP contribution in [0, 0.1) is 5.82 Å². The van der Waals surface area contributed by atoms with Crippen LogP contribution >= 0.6 is 0 Å². The third-order valence-corrected chi connectivity index (χ3v) is 2.73. The van der Waals surface area contributed by atoms with E-state index in [1.807, 2.05) is 0 Å². The lowest BCUT2D eigenvalue weighted by atomic mass is 10.2. The number of nitrogens with zero attached hydrogens (tertiary/aromatic N) is 3. The van der Waals surface area contributed by atoms with Gasteiger partial charge in [-0.05, 0) is 42.5 Å². The van der Waals surface area contributed by atoms with E-state index < -0.39 is 0 Å². The van der Waals surface area contributed by atoms with Crippen LogP contribution in [0.3, 0.4) is 0 Å². The third-order valence-electron chi connectivity index (χ3n) is 2.73. The highest BCUT2D eigenvalue weighted by molar-refractivity contribution is 6.04. The molecule has 20 heavy (non-hydrogen) atoms. The first-order chi connectivity index (χ1) is 9.72. The van der Waals surface area contributed by atoms with Crippen LogP contribution in [-0.2, 0) is 0 Å². The van der Waals surface area contributed by atoms with Crippen LogP contribution in [-0.4, -0.2) is 21.1 Å². The lowest BCUT2D eigenvalue weighted by molar-refractivity contribution is 0.102. The molecular weight excluding hydrogens is 259 g/mol. The number of carbonyl (C=O) groups is 1. The summed E-state index contributed by atoms with van der Waals surface area (Å²) in [5, 5.41) is 11.1. The van der Waals surface area contributed by atoms with Crippen LogP contribution in [0.4, 0.5) is 10.2 Å². The Morgan fingerprint density at radius 3 is 2.65 bits per heavy atom. The van der Waals surface area contributed by atoms with Gasteiger partial charge in [-0.1, -0.05) is 0 Å². The van der Waals surface area contributed by atoms with Crippen LogP contribution < -0.4 is 5.32 Å². The molecule has 0 atom stereocenters. The first-order valence-electron chi connectivity index (χ1n) is 5.88. The minimum atomic E-state index is -0.388. The maximum Gasteiger partial charge on any atom is 0.256 e. The molecule has 0 radical (unpaired) electrons.